The number of allylic oxidation sites excluding steroid dienone is 28. The Bertz CT molecular complexity index is 1840. The monoisotopic (exact) mass is 1100 g/mol. The molecule has 0 radical (unpaired) electrons. The summed E-state index contributed by atoms with van der Waals surface area (Å²) in [5, 5.41) is 0. The van der Waals surface area contributed by atoms with Crippen LogP contribution >= 0.6 is 0 Å². The Morgan fingerprint density at radius 1 is 0.263 bits per heavy atom. The molecule has 0 aromatic rings. The number of ether oxygens (including phenoxy) is 3. The molecule has 0 bridgehead atoms. The summed E-state index contributed by atoms with van der Waals surface area (Å²) in [7, 11) is 0. The average Bonchev–Trinajstić information content (AvgIpc) is 3.46. The molecular weight excluding hydrogens is 985 g/mol. The number of esters is 3. The standard InChI is InChI=1S/C74H116O6/c1-4-7-10-13-16-19-22-25-28-30-32-34-35-36-37-38-39-41-42-44-46-49-52-55-58-61-64-67-73(76)79-70-71(69-78-72(75)66-63-60-57-54-51-48-27-24-21-18-15-12-9-6-3)80-74(77)68-65-62-59-56-53-50-47-45-43-40-33-31-29-26-23-20-17-14-11-8-5-2/h7-8,10-11,16-17,19-20,24-29,32-34,36-37,39-41,44-47,52,55,71H,4-6,9,12-15,18,21-23,30-31,35,38,42-43,48-51,53-54,56-70H2,1-3H3/b10-7-,11-8-,19-16-,20-17-,27-24-,28-25-,29-26-,34-32-,37-36-,40-33-,41-39-,46-44-,47-45-,55-52-. The van der Waals surface area contributed by atoms with Gasteiger partial charge in [0.1, 0.15) is 13.2 Å². The fourth-order valence-electron chi connectivity index (χ4n) is 8.18. The SMILES string of the molecule is CC/C=C\C/C=C\C/C=C\C/C=C\C/C=C\C/C=C\C/C=C\C/C=C\CCCCC(=O)OCC(COC(=O)CCCCCCC/C=C\CCCCCCC)OC(=O)CCCCCCC/C=C\C/C=C\C/C=C\C/C=C\C/C=C\CC. The van der Waals surface area contributed by atoms with E-state index in [4.69, 9.17) is 14.2 Å². The summed E-state index contributed by atoms with van der Waals surface area (Å²) < 4.78 is 16.9. The minimum absolute atomic E-state index is 0.112. The molecule has 0 aliphatic carbocycles. The van der Waals surface area contributed by atoms with Gasteiger partial charge in [0.15, 0.2) is 6.10 Å². The Morgan fingerprint density at radius 3 is 0.800 bits per heavy atom. The lowest BCUT2D eigenvalue weighted by Crippen LogP contribution is -2.30. The molecular formula is C74H116O6. The first-order chi connectivity index (χ1) is 39.5. The number of hydrogen-bond donors (Lipinski definition) is 0. The van der Waals surface area contributed by atoms with Crippen LogP contribution in [0.4, 0.5) is 0 Å². The van der Waals surface area contributed by atoms with Crippen molar-refractivity contribution < 1.29 is 28.6 Å². The van der Waals surface area contributed by atoms with Crippen molar-refractivity contribution in [3.63, 3.8) is 0 Å². The molecule has 0 aromatic carbocycles. The van der Waals surface area contributed by atoms with E-state index in [-0.39, 0.29) is 44.0 Å². The molecule has 0 aromatic heterocycles. The van der Waals surface area contributed by atoms with Crippen LogP contribution in [0.1, 0.15) is 258 Å². The van der Waals surface area contributed by atoms with Crippen LogP contribution in [0.25, 0.3) is 0 Å². The summed E-state index contributed by atoms with van der Waals surface area (Å²) in [4.78, 5) is 38.3. The summed E-state index contributed by atoms with van der Waals surface area (Å²) in [5.41, 5.74) is 0. The molecule has 0 aliphatic rings. The number of rotatable bonds is 56. The molecule has 0 heterocycles. The molecule has 448 valence electrons. The fraction of sp³-hybridized carbons (Fsp3) is 0.581. The second-order valence-corrected chi connectivity index (χ2v) is 20.5. The molecule has 0 spiro atoms. The number of hydrogen-bond acceptors (Lipinski definition) is 6. The zero-order chi connectivity index (χ0) is 57.8. The second-order valence-electron chi connectivity index (χ2n) is 20.5. The van der Waals surface area contributed by atoms with Gasteiger partial charge in [-0.05, 0) is 154 Å². The predicted molar refractivity (Wildman–Crippen MR) is 348 cm³/mol. The van der Waals surface area contributed by atoms with E-state index in [1.54, 1.807) is 0 Å². The van der Waals surface area contributed by atoms with E-state index in [1.165, 1.54) is 44.9 Å². The summed E-state index contributed by atoms with van der Waals surface area (Å²) in [6.07, 6.45) is 97.8. The van der Waals surface area contributed by atoms with Gasteiger partial charge in [0.25, 0.3) is 0 Å². The van der Waals surface area contributed by atoms with E-state index in [2.05, 4.69) is 191 Å². The summed E-state index contributed by atoms with van der Waals surface area (Å²) >= 11 is 0. The largest absolute Gasteiger partial charge is 0.462 e. The Balaban J connectivity index is 4.52. The van der Waals surface area contributed by atoms with E-state index in [0.717, 1.165) is 167 Å². The lowest BCUT2D eigenvalue weighted by Gasteiger charge is -2.18. The molecule has 1 unspecified atom stereocenters. The Hall–Kier alpha value is -5.23. The van der Waals surface area contributed by atoms with Gasteiger partial charge in [-0.3, -0.25) is 14.4 Å². The van der Waals surface area contributed by atoms with Gasteiger partial charge in [-0.25, -0.2) is 0 Å². The van der Waals surface area contributed by atoms with E-state index in [9.17, 15) is 14.4 Å². The molecule has 1 atom stereocenters. The average molecular weight is 1100 g/mol. The van der Waals surface area contributed by atoms with E-state index in [0.29, 0.717) is 12.8 Å². The van der Waals surface area contributed by atoms with Crippen molar-refractivity contribution in [3.05, 3.63) is 170 Å². The maximum absolute atomic E-state index is 12.9. The van der Waals surface area contributed by atoms with Crippen LogP contribution in [-0.2, 0) is 28.6 Å². The Morgan fingerprint density at radius 2 is 0.487 bits per heavy atom. The molecule has 0 rings (SSSR count). The van der Waals surface area contributed by atoms with Gasteiger partial charge >= 0.3 is 17.9 Å². The van der Waals surface area contributed by atoms with Crippen molar-refractivity contribution in [1.82, 2.24) is 0 Å². The Kier molecular flexibility index (Phi) is 61.9. The van der Waals surface area contributed by atoms with E-state index < -0.39 is 6.10 Å². The minimum Gasteiger partial charge on any atom is -0.462 e. The molecule has 80 heavy (non-hydrogen) atoms. The minimum atomic E-state index is -0.821. The molecule has 0 amide bonds. The van der Waals surface area contributed by atoms with Crippen LogP contribution in [0.5, 0.6) is 0 Å². The molecule has 6 heteroatoms. The van der Waals surface area contributed by atoms with Crippen LogP contribution in [0.2, 0.25) is 0 Å². The third-order valence-corrected chi connectivity index (χ3v) is 12.9. The maximum atomic E-state index is 12.9. The first-order valence-corrected chi connectivity index (χ1v) is 32.1. The highest BCUT2D eigenvalue weighted by atomic mass is 16.6. The molecule has 0 aliphatic heterocycles. The molecule has 0 saturated heterocycles. The highest BCUT2D eigenvalue weighted by Gasteiger charge is 2.19. The first-order valence-electron chi connectivity index (χ1n) is 32.1. The predicted octanol–water partition coefficient (Wildman–Crippen LogP) is 22.3. The van der Waals surface area contributed by atoms with Crippen LogP contribution in [0, 0.1) is 0 Å². The van der Waals surface area contributed by atoms with Crippen LogP contribution in [0.15, 0.2) is 170 Å². The molecule has 6 nitrogen and oxygen atoms in total. The highest BCUT2D eigenvalue weighted by Crippen LogP contribution is 2.13. The zero-order valence-corrected chi connectivity index (χ0v) is 51.3. The van der Waals surface area contributed by atoms with Crippen molar-refractivity contribution >= 4 is 17.9 Å². The van der Waals surface area contributed by atoms with Crippen molar-refractivity contribution in [2.75, 3.05) is 13.2 Å². The third-order valence-electron chi connectivity index (χ3n) is 12.9. The molecule has 0 fully saturated rings. The Labute approximate surface area is 492 Å². The van der Waals surface area contributed by atoms with E-state index >= 15 is 0 Å². The van der Waals surface area contributed by atoms with Gasteiger partial charge in [0.2, 0.25) is 0 Å². The second kappa shape index (κ2) is 66.3. The van der Waals surface area contributed by atoms with Crippen LogP contribution in [-0.4, -0.2) is 37.2 Å². The van der Waals surface area contributed by atoms with Crippen molar-refractivity contribution in [3.8, 4) is 0 Å². The lowest BCUT2D eigenvalue weighted by molar-refractivity contribution is -0.167. The van der Waals surface area contributed by atoms with Gasteiger partial charge in [-0.1, -0.05) is 255 Å². The molecule has 0 N–H and O–H groups in total. The third kappa shape index (κ3) is 63.6. The summed E-state index contributed by atoms with van der Waals surface area (Å²) in [6.45, 7) is 6.34. The van der Waals surface area contributed by atoms with Crippen molar-refractivity contribution in [2.24, 2.45) is 0 Å². The van der Waals surface area contributed by atoms with Crippen LogP contribution < -0.4 is 0 Å². The lowest BCUT2D eigenvalue weighted by atomic mass is 10.1. The number of unbranched alkanes of at least 4 members (excludes halogenated alkanes) is 17. The van der Waals surface area contributed by atoms with Gasteiger partial charge in [-0.15, -0.1) is 0 Å². The first kappa shape index (κ1) is 74.8. The fourth-order valence-corrected chi connectivity index (χ4v) is 8.18. The quantitative estimate of drug-likeness (QED) is 0.0261. The number of carbonyl (C=O) groups is 3. The van der Waals surface area contributed by atoms with Gasteiger partial charge in [0.05, 0.1) is 0 Å². The van der Waals surface area contributed by atoms with Crippen LogP contribution in [0.3, 0.4) is 0 Å². The van der Waals surface area contributed by atoms with Crippen molar-refractivity contribution in [2.45, 2.75) is 264 Å². The number of carbonyl (C=O) groups excluding carboxylic acids is 3. The van der Waals surface area contributed by atoms with Gasteiger partial charge < -0.3 is 14.2 Å². The van der Waals surface area contributed by atoms with Gasteiger partial charge in [-0.2, -0.15) is 0 Å². The normalized spacial score (nSPS) is 13.3. The zero-order valence-electron chi connectivity index (χ0n) is 51.3. The van der Waals surface area contributed by atoms with Gasteiger partial charge in [0, 0.05) is 19.3 Å². The topological polar surface area (TPSA) is 78.9 Å². The summed E-state index contributed by atoms with van der Waals surface area (Å²) in [5.74, 6) is -0.989. The smallest absolute Gasteiger partial charge is 0.306 e. The molecule has 0 saturated carbocycles. The maximum Gasteiger partial charge on any atom is 0.306 e. The van der Waals surface area contributed by atoms with E-state index in [1.807, 2.05) is 0 Å². The van der Waals surface area contributed by atoms with Crippen molar-refractivity contribution in [1.29, 1.82) is 0 Å². The summed E-state index contributed by atoms with van der Waals surface area (Å²) in [6, 6.07) is 0. The highest BCUT2D eigenvalue weighted by molar-refractivity contribution is 5.71.